The zero-order chi connectivity index (χ0) is 18.6. The van der Waals surface area contributed by atoms with Crippen molar-refractivity contribution in [2.24, 2.45) is 10.9 Å². The minimum atomic E-state index is 0.0876. The van der Waals surface area contributed by atoms with Crippen LogP contribution >= 0.6 is 0 Å². The molecule has 4 rings (SSSR count). The number of anilines is 1. The van der Waals surface area contributed by atoms with Crippen LogP contribution in [0.2, 0.25) is 0 Å². The molecule has 0 unspecified atom stereocenters. The van der Waals surface area contributed by atoms with E-state index in [-0.39, 0.29) is 17.0 Å². The number of aromatic nitrogens is 4. The van der Waals surface area contributed by atoms with Crippen LogP contribution in [0.15, 0.2) is 64.3 Å². The Hall–Kier alpha value is -4.01. The van der Waals surface area contributed by atoms with Gasteiger partial charge in [0, 0.05) is 12.1 Å². The molecule has 134 valence electrons. The summed E-state index contributed by atoms with van der Waals surface area (Å²) in [6.07, 6.45) is 0. The minimum Gasteiger partial charge on any atom is -0.508 e. The third kappa shape index (κ3) is 3.38. The molecule has 0 aliphatic heterocycles. The maximum absolute atomic E-state index is 9.78. The molecule has 0 fully saturated rings. The number of benzene rings is 2. The second kappa shape index (κ2) is 7.08. The average molecular weight is 361 g/mol. The number of hydrogen-bond acceptors (Lipinski definition) is 9. The van der Waals surface area contributed by atoms with Crippen LogP contribution in [-0.4, -0.2) is 31.1 Å². The van der Waals surface area contributed by atoms with Gasteiger partial charge in [0.1, 0.15) is 17.2 Å². The van der Waals surface area contributed by atoms with Gasteiger partial charge in [0.15, 0.2) is 5.82 Å². The molecule has 0 bridgehead atoms. The topological polar surface area (TPSA) is 135 Å². The largest absolute Gasteiger partial charge is 0.508 e. The Bertz CT molecular complexity index is 1110. The van der Waals surface area contributed by atoms with Crippen molar-refractivity contribution in [1.29, 1.82) is 0 Å². The zero-order valence-corrected chi connectivity index (χ0v) is 14.1. The quantitative estimate of drug-likeness (QED) is 0.279. The van der Waals surface area contributed by atoms with Gasteiger partial charge in [-0.25, -0.2) is 14.6 Å². The van der Waals surface area contributed by atoms with Gasteiger partial charge in [-0.3, -0.25) is 0 Å². The fourth-order valence-corrected chi connectivity index (χ4v) is 2.63. The molecule has 27 heavy (non-hydrogen) atoms. The first-order chi connectivity index (χ1) is 13.2. The fraction of sp³-hybridized carbons (Fsp3) is 0.0556. The number of fused-ring (bicyclic) bond motifs is 1. The van der Waals surface area contributed by atoms with Gasteiger partial charge in [-0.2, -0.15) is 5.10 Å². The van der Waals surface area contributed by atoms with E-state index >= 15 is 0 Å². The normalized spacial score (nSPS) is 11.6. The Morgan fingerprint density at radius 2 is 1.81 bits per heavy atom. The first-order valence-corrected chi connectivity index (χ1v) is 8.10. The van der Waals surface area contributed by atoms with Gasteiger partial charge in [0.05, 0.1) is 0 Å². The van der Waals surface area contributed by atoms with E-state index in [1.165, 1.54) is 0 Å². The van der Waals surface area contributed by atoms with E-state index in [0.29, 0.717) is 29.3 Å². The highest BCUT2D eigenvalue weighted by Gasteiger charge is 2.19. The predicted octanol–water partition coefficient (Wildman–Crippen LogP) is 2.04. The number of nitrogens with zero attached hydrogens (tertiary/aromatic N) is 5. The molecule has 0 radical (unpaired) electrons. The summed E-state index contributed by atoms with van der Waals surface area (Å²) in [6.45, 7) is 0.511. The van der Waals surface area contributed by atoms with Crippen LogP contribution in [0.5, 0.6) is 5.75 Å². The van der Waals surface area contributed by atoms with Crippen molar-refractivity contribution >= 4 is 22.8 Å². The second-order valence-electron chi connectivity index (χ2n) is 5.70. The summed E-state index contributed by atoms with van der Waals surface area (Å²) in [4.78, 5) is 8.87. The Kier molecular flexibility index (Phi) is 4.32. The summed E-state index contributed by atoms with van der Waals surface area (Å²) in [5.41, 5.74) is 2.87. The molecule has 0 saturated carbocycles. The average Bonchev–Trinajstić information content (AvgIpc) is 3.15. The maximum Gasteiger partial charge on any atom is 0.245 e. The first kappa shape index (κ1) is 16.5. The Balaban J connectivity index is 1.77. The molecular formula is C18H15N7O2. The van der Waals surface area contributed by atoms with Gasteiger partial charge in [0.25, 0.3) is 0 Å². The Morgan fingerprint density at radius 3 is 2.56 bits per heavy atom. The van der Waals surface area contributed by atoms with Gasteiger partial charge >= 0.3 is 0 Å². The lowest BCUT2D eigenvalue weighted by Gasteiger charge is -2.12. The maximum atomic E-state index is 9.78. The van der Waals surface area contributed by atoms with E-state index < -0.39 is 0 Å². The highest BCUT2D eigenvalue weighted by atomic mass is 16.6. The van der Waals surface area contributed by atoms with Gasteiger partial charge in [-0.05, 0) is 28.0 Å². The minimum absolute atomic E-state index is 0.0876. The third-order valence-corrected chi connectivity index (χ3v) is 3.89. The summed E-state index contributed by atoms with van der Waals surface area (Å²) in [5, 5.41) is 24.3. The molecule has 4 aromatic rings. The van der Waals surface area contributed by atoms with Crippen LogP contribution in [0.4, 0.5) is 5.82 Å². The lowest BCUT2D eigenvalue weighted by molar-refractivity contribution is 0.314. The predicted molar refractivity (Wildman–Crippen MR) is 99.1 cm³/mol. The molecule has 0 aliphatic rings. The summed E-state index contributed by atoms with van der Waals surface area (Å²) in [7, 11) is 0. The van der Waals surface area contributed by atoms with Gasteiger partial charge in [0.2, 0.25) is 11.3 Å². The van der Waals surface area contributed by atoms with Gasteiger partial charge < -0.3 is 16.3 Å². The number of phenols is 1. The van der Waals surface area contributed by atoms with Crippen LogP contribution in [0.3, 0.4) is 0 Å². The zero-order valence-electron chi connectivity index (χ0n) is 14.1. The molecule has 2 heterocycles. The van der Waals surface area contributed by atoms with Crippen molar-refractivity contribution in [2.75, 3.05) is 5.32 Å². The van der Waals surface area contributed by atoms with Crippen LogP contribution < -0.4 is 11.2 Å². The highest BCUT2D eigenvalue weighted by molar-refractivity contribution is 6.14. The fourth-order valence-electron chi connectivity index (χ4n) is 2.63. The van der Waals surface area contributed by atoms with E-state index in [0.717, 1.165) is 5.56 Å². The van der Waals surface area contributed by atoms with Gasteiger partial charge in [-0.1, -0.05) is 42.5 Å². The van der Waals surface area contributed by atoms with Crippen molar-refractivity contribution in [3.63, 3.8) is 0 Å². The van der Waals surface area contributed by atoms with Crippen LogP contribution in [0.1, 0.15) is 16.8 Å². The van der Waals surface area contributed by atoms with Gasteiger partial charge in [-0.15, -0.1) is 0 Å². The third-order valence-electron chi connectivity index (χ3n) is 3.89. The number of hydrogen-bond donors (Lipinski definition) is 3. The molecule has 0 aliphatic carbocycles. The van der Waals surface area contributed by atoms with Crippen LogP contribution in [0, 0.1) is 0 Å². The van der Waals surface area contributed by atoms with Crippen molar-refractivity contribution in [1.82, 2.24) is 20.3 Å². The molecule has 0 spiro atoms. The van der Waals surface area contributed by atoms with Crippen LogP contribution in [-0.2, 0) is 6.54 Å². The second-order valence-corrected chi connectivity index (χ2v) is 5.70. The Labute approximate surface area is 153 Å². The monoisotopic (exact) mass is 361 g/mol. The van der Waals surface area contributed by atoms with E-state index in [9.17, 15) is 5.11 Å². The van der Waals surface area contributed by atoms with E-state index in [4.69, 9.17) is 10.5 Å². The molecular weight excluding hydrogens is 346 g/mol. The van der Waals surface area contributed by atoms with E-state index in [2.05, 4.69) is 30.7 Å². The van der Waals surface area contributed by atoms with E-state index in [1.54, 1.807) is 24.3 Å². The lowest BCUT2D eigenvalue weighted by atomic mass is 10.1. The molecule has 2 aromatic carbocycles. The molecule has 0 atom stereocenters. The smallest absolute Gasteiger partial charge is 0.245 e. The number of aromatic hydroxyl groups is 1. The molecule has 4 N–H and O–H groups in total. The van der Waals surface area contributed by atoms with Crippen LogP contribution in [0.25, 0.3) is 11.3 Å². The number of phenolic OH excluding ortho intramolecular Hbond substituents is 1. The number of rotatable bonds is 5. The summed E-state index contributed by atoms with van der Waals surface area (Å²) >= 11 is 0. The van der Waals surface area contributed by atoms with Crippen molar-refractivity contribution in [2.45, 2.75) is 6.54 Å². The molecule has 9 heteroatoms. The molecule has 9 nitrogen and oxygen atoms in total. The number of nitrogens with two attached hydrogens (primary N) is 1. The SMILES string of the molecule is NN=C(c1cccc(O)c1)c1nc2nonc2nc1NCc1ccccc1. The molecule has 0 saturated heterocycles. The summed E-state index contributed by atoms with van der Waals surface area (Å²) in [5.74, 6) is 6.15. The summed E-state index contributed by atoms with van der Waals surface area (Å²) in [6, 6.07) is 16.4. The molecule has 2 aromatic heterocycles. The van der Waals surface area contributed by atoms with Crippen molar-refractivity contribution in [3.8, 4) is 5.75 Å². The molecule has 0 amide bonds. The van der Waals surface area contributed by atoms with E-state index in [1.807, 2.05) is 30.3 Å². The standard InChI is InChI=1S/C18H15N7O2/c19-23-14(12-7-4-8-13(26)9-12)15-16(20-10-11-5-2-1-3-6-11)22-18-17(21-15)24-27-25-18/h1-9,26H,10,19H2,(H,20,22,25). The lowest BCUT2D eigenvalue weighted by Crippen LogP contribution is -2.15. The van der Waals surface area contributed by atoms with Crippen molar-refractivity contribution in [3.05, 3.63) is 71.4 Å². The summed E-state index contributed by atoms with van der Waals surface area (Å²) < 4.78 is 4.71. The highest BCUT2D eigenvalue weighted by Crippen LogP contribution is 2.21. The Morgan fingerprint density at radius 1 is 1.04 bits per heavy atom. The van der Waals surface area contributed by atoms with Crippen molar-refractivity contribution < 1.29 is 9.74 Å². The first-order valence-electron chi connectivity index (χ1n) is 8.10. The number of nitrogens with one attached hydrogen (secondary N) is 1. The number of hydrazone groups is 1.